The first-order valence-electron chi connectivity index (χ1n) is 3.59. The highest BCUT2D eigenvalue weighted by molar-refractivity contribution is 5.78. The molecule has 55 valence electrons. The predicted octanol–water partition coefficient (Wildman–Crippen LogP) is 1.68. The van der Waals surface area contributed by atoms with Crippen molar-refractivity contribution < 1.29 is 0 Å². The van der Waals surface area contributed by atoms with Gasteiger partial charge in [0.2, 0.25) is 0 Å². The Bertz CT molecular complexity index is 387. The number of nitrogens with zero attached hydrogens (tertiary/aromatic N) is 2. The van der Waals surface area contributed by atoms with Gasteiger partial charge in [0.1, 0.15) is 0 Å². The Balaban J connectivity index is 2.96. The quantitative estimate of drug-likeness (QED) is 0.551. The van der Waals surface area contributed by atoms with Gasteiger partial charge in [-0.2, -0.15) is 0 Å². The van der Waals surface area contributed by atoms with Crippen LogP contribution in [0.2, 0.25) is 0 Å². The minimum absolute atomic E-state index is 1.02. The van der Waals surface area contributed by atoms with Crippen molar-refractivity contribution >= 4 is 11.0 Å². The van der Waals surface area contributed by atoms with E-state index < -0.39 is 0 Å². The lowest BCUT2D eigenvalue weighted by molar-refractivity contribution is 0.932. The van der Waals surface area contributed by atoms with Crippen LogP contribution in [0.25, 0.3) is 11.0 Å². The lowest BCUT2D eigenvalue weighted by atomic mass is 10.2. The largest absolute Gasteiger partial charge is 0.324 e. The van der Waals surface area contributed by atoms with Crippen LogP contribution in [0.5, 0.6) is 0 Å². The van der Waals surface area contributed by atoms with E-state index in [0.717, 1.165) is 5.52 Å². The average molecular weight is 145 g/mol. The van der Waals surface area contributed by atoms with E-state index in [4.69, 9.17) is 0 Å². The number of aromatic nitrogens is 2. The molecular weight excluding hydrogens is 136 g/mol. The molecule has 0 N–H and O–H groups in total. The SMILES string of the molecule is Cc1cccc2n[c]n(C)c12. The summed E-state index contributed by atoms with van der Waals surface area (Å²) < 4.78 is 1.92. The number of aryl methyl sites for hydroxylation is 2. The minimum atomic E-state index is 1.02. The summed E-state index contributed by atoms with van der Waals surface area (Å²) in [7, 11) is 1.96. The Morgan fingerprint density at radius 2 is 2.27 bits per heavy atom. The molecule has 2 heteroatoms. The van der Waals surface area contributed by atoms with E-state index >= 15 is 0 Å². The molecule has 0 aliphatic carbocycles. The summed E-state index contributed by atoms with van der Waals surface area (Å²) in [6.07, 6.45) is 2.88. The van der Waals surface area contributed by atoms with Gasteiger partial charge in [-0.05, 0) is 18.6 Å². The van der Waals surface area contributed by atoms with Crippen LogP contribution in [0.4, 0.5) is 0 Å². The maximum atomic E-state index is 4.12. The second-order valence-corrected chi connectivity index (χ2v) is 2.71. The Morgan fingerprint density at radius 3 is 3.00 bits per heavy atom. The van der Waals surface area contributed by atoms with Crippen molar-refractivity contribution in [1.82, 2.24) is 9.55 Å². The molecule has 1 aromatic heterocycles. The van der Waals surface area contributed by atoms with Crippen LogP contribution >= 0.6 is 0 Å². The first kappa shape index (κ1) is 6.40. The zero-order chi connectivity index (χ0) is 7.84. The van der Waals surface area contributed by atoms with Gasteiger partial charge in [-0.15, -0.1) is 0 Å². The highest BCUT2D eigenvalue weighted by Gasteiger charge is 2.00. The summed E-state index contributed by atoms with van der Waals surface area (Å²) in [5, 5.41) is 0. The molecular formula is C9H9N2. The standard InChI is InChI=1S/C9H9N2/c1-7-4-3-5-8-9(7)11(2)6-10-8/h3-5H,1-2H3. The van der Waals surface area contributed by atoms with Gasteiger partial charge in [-0.25, -0.2) is 4.98 Å². The molecule has 1 radical (unpaired) electrons. The second kappa shape index (κ2) is 2.09. The van der Waals surface area contributed by atoms with Crippen molar-refractivity contribution in [3.8, 4) is 0 Å². The smallest absolute Gasteiger partial charge is 0.177 e. The molecule has 0 aliphatic heterocycles. The topological polar surface area (TPSA) is 17.8 Å². The van der Waals surface area contributed by atoms with Gasteiger partial charge in [0.15, 0.2) is 6.33 Å². The minimum Gasteiger partial charge on any atom is -0.324 e. The van der Waals surface area contributed by atoms with Gasteiger partial charge in [-0.1, -0.05) is 12.1 Å². The van der Waals surface area contributed by atoms with Crippen LogP contribution in [0.3, 0.4) is 0 Å². The zero-order valence-corrected chi connectivity index (χ0v) is 6.63. The molecule has 0 spiro atoms. The average Bonchev–Trinajstić information content (AvgIpc) is 2.34. The summed E-state index contributed by atoms with van der Waals surface area (Å²) in [5.41, 5.74) is 3.44. The summed E-state index contributed by atoms with van der Waals surface area (Å²) in [6, 6.07) is 6.09. The van der Waals surface area contributed by atoms with Gasteiger partial charge < -0.3 is 4.57 Å². The van der Waals surface area contributed by atoms with Gasteiger partial charge in [0, 0.05) is 7.05 Å². The Labute approximate surface area is 65.5 Å². The number of fused-ring (bicyclic) bond motifs is 1. The molecule has 1 aromatic carbocycles. The Kier molecular flexibility index (Phi) is 1.22. The zero-order valence-electron chi connectivity index (χ0n) is 6.63. The monoisotopic (exact) mass is 145 g/mol. The molecule has 0 atom stereocenters. The van der Waals surface area contributed by atoms with E-state index in [1.165, 1.54) is 11.1 Å². The number of hydrogen-bond donors (Lipinski definition) is 0. The van der Waals surface area contributed by atoms with Crippen molar-refractivity contribution in [3.63, 3.8) is 0 Å². The molecule has 0 unspecified atom stereocenters. The van der Waals surface area contributed by atoms with Crippen LogP contribution in [0, 0.1) is 13.3 Å². The molecule has 0 fully saturated rings. The number of hydrogen-bond acceptors (Lipinski definition) is 1. The van der Waals surface area contributed by atoms with Gasteiger partial charge >= 0.3 is 0 Å². The molecule has 0 amide bonds. The van der Waals surface area contributed by atoms with Crippen molar-refractivity contribution in [2.45, 2.75) is 6.92 Å². The van der Waals surface area contributed by atoms with E-state index in [1.54, 1.807) is 0 Å². The summed E-state index contributed by atoms with van der Waals surface area (Å²) in [4.78, 5) is 4.12. The third-order valence-corrected chi connectivity index (χ3v) is 1.87. The lowest BCUT2D eigenvalue weighted by Crippen LogP contribution is -1.86. The van der Waals surface area contributed by atoms with Crippen molar-refractivity contribution in [2.24, 2.45) is 7.05 Å². The van der Waals surface area contributed by atoms with E-state index in [-0.39, 0.29) is 0 Å². The van der Waals surface area contributed by atoms with Crippen molar-refractivity contribution in [1.29, 1.82) is 0 Å². The molecule has 0 saturated carbocycles. The number of benzene rings is 1. The van der Waals surface area contributed by atoms with Gasteiger partial charge in [-0.3, -0.25) is 0 Å². The first-order valence-corrected chi connectivity index (χ1v) is 3.59. The van der Waals surface area contributed by atoms with Crippen molar-refractivity contribution in [3.05, 3.63) is 30.1 Å². The lowest BCUT2D eigenvalue weighted by Gasteiger charge is -1.96. The van der Waals surface area contributed by atoms with E-state index in [9.17, 15) is 0 Å². The fourth-order valence-corrected chi connectivity index (χ4v) is 1.35. The normalized spacial score (nSPS) is 10.7. The molecule has 2 nitrogen and oxygen atoms in total. The van der Waals surface area contributed by atoms with Crippen molar-refractivity contribution in [2.75, 3.05) is 0 Å². The Morgan fingerprint density at radius 1 is 1.45 bits per heavy atom. The van der Waals surface area contributed by atoms with Gasteiger partial charge in [0.05, 0.1) is 11.0 Å². The summed E-state index contributed by atoms with van der Waals surface area (Å²) >= 11 is 0. The third kappa shape index (κ3) is 0.827. The highest BCUT2D eigenvalue weighted by Crippen LogP contribution is 2.14. The second-order valence-electron chi connectivity index (χ2n) is 2.71. The van der Waals surface area contributed by atoms with Crippen LogP contribution in [0.15, 0.2) is 18.2 Å². The van der Waals surface area contributed by atoms with E-state index in [1.807, 2.05) is 23.7 Å². The molecule has 11 heavy (non-hydrogen) atoms. The fourth-order valence-electron chi connectivity index (χ4n) is 1.35. The molecule has 2 aromatic rings. The third-order valence-electron chi connectivity index (χ3n) is 1.87. The van der Waals surface area contributed by atoms with E-state index in [0.29, 0.717) is 0 Å². The molecule has 2 rings (SSSR count). The molecule has 0 bridgehead atoms. The van der Waals surface area contributed by atoms with Gasteiger partial charge in [0.25, 0.3) is 0 Å². The number of para-hydroxylation sites is 1. The van der Waals surface area contributed by atoms with Crippen LogP contribution < -0.4 is 0 Å². The van der Waals surface area contributed by atoms with Crippen LogP contribution in [0.1, 0.15) is 5.56 Å². The molecule has 0 saturated heterocycles. The fraction of sp³-hybridized carbons (Fsp3) is 0.222. The van der Waals surface area contributed by atoms with Crippen LogP contribution in [-0.4, -0.2) is 9.55 Å². The maximum Gasteiger partial charge on any atom is 0.177 e. The maximum absolute atomic E-state index is 4.12. The first-order chi connectivity index (χ1) is 5.29. The molecule has 1 heterocycles. The summed E-state index contributed by atoms with van der Waals surface area (Å²) in [5.74, 6) is 0. The number of imidazole rings is 1. The summed E-state index contributed by atoms with van der Waals surface area (Å²) in [6.45, 7) is 2.08. The molecule has 0 aliphatic rings. The number of rotatable bonds is 0. The predicted molar refractivity (Wildman–Crippen MR) is 44.3 cm³/mol. The van der Waals surface area contributed by atoms with E-state index in [2.05, 4.69) is 24.3 Å². The van der Waals surface area contributed by atoms with Crippen LogP contribution in [-0.2, 0) is 7.05 Å². The highest BCUT2D eigenvalue weighted by atomic mass is 15.0. The Hall–Kier alpha value is -1.31.